The molecular formula is C16H24N2O3. The second-order valence-corrected chi connectivity index (χ2v) is 6.02. The Kier molecular flexibility index (Phi) is 5.90. The molecule has 0 spiro atoms. The van der Waals surface area contributed by atoms with Gasteiger partial charge in [0.1, 0.15) is 0 Å². The third-order valence-electron chi connectivity index (χ3n) is 3.58. The van der Waals surface area contributed by atoms with Crippen LogP contribution in [0.1, 0.15) is 31.4 Å². The molecule has 0 aromatic heterocycles. The van der Waals surface area contributed by atoms with Crippen LogP contribution in [0.5, 0.6) is 0 Å². The Bertz CT molecular complexity index is 524. The van der Waals surface area contributed by atoms with Gasteiger partial charge in [0.25, 0.3) is 0 Å². The van der Waals surface area contributed by atoms with Crippen molar-refractivity contribution in [3.8, 4) is 0 Å². The van der Waals surface area contributed by atoms with Gasteiger partial charge in [0.05, 0.1) is 0 Å². The number of hydrogen-bond donors (Lipinski definition) is 3. The minimum atomic E-state index is -0.677. The molecule has 0 bridgehead atoms. The summed E-state index contributed by atoms with van der Waals surface area (Å²) in [5, 5.41) is 14.2. The molecule has 0 saturated carbocycles. The van der Waals surface area contributed by atoms with Crippen LogP contribution in [0.15, 0.2) is 18.2 Å². The fourth-order valence-corrected chi connectivity index (χ4v) is 1.86. The molecule has 0 aliphatic rings. The molecule has 2 amide bonds. The number of hydrogen-bond acceptors (Lipinski definition) is 3. The highest BCUT2D eigenvalue weighted by Crippen LogP contribution is 2.19. The van der Waals surface area contributed by atoms with Crippen molar-refractivity contribution in [2.45, 2.75) is 34.1 Å². The molecule has 5 nitrogen and oxygen atoms in total. The first-order valence-corrected chi connectivity index (χ1v) is 7.03. The number of amides is 2. The Hall–Kier alpha value is -1.88. The second-order valence-electron chi connectivity index (χ2n) is 6.02. The molecule has 0 fully saturated rings. The largest absolute Gasteiger partial charge is 0.396 e. The van der Waals surface area contributed by atoms with Crippen LogP contribution in [0.4, 0.5) is 5.69 Å². The highest BCUT2D eigenvalue weighted by atomic mass is 16.3. The molecule has 0 radical (unpaired) electrons. The van der Waals surface area contributed by atoms with Gasteiger partial charge in [0, 0.05) is 18.8 Å². The summed E-state index contributed by atoms with van der Waals surface area (Å²) in [6.45, 7) is 8.08. The van der Waals surface area contributed by atoms with E-state index in [-0.39, 0.29) is 12.0 Å². The highest BCUT2D eigenvalue weighted by Gasteiger charge is 2.21. The number of carbonyl (C=O) groups is 2. The van der Waals surface area contributed by atoms with Crippen molar-refractivity contribution in [3.63, 3.8) is 0 Å². The van der Waals surface area contributed by atoms with E-state index in [2.05, 4.69) is 10.6 Å². The first kappa shape index (κ1) is 17.2. The van der Waals surface area contributed by atoms with Gasteiger partial charge in [-0.1, -0.05) is 26.0 Å². The lowest BCUT2D eigenvalue weighted by Gasteiger charge is -2.23. The lowest BCUT2D eigenvalue weighted by molar-refractivity contribution is -0.136. The molecule has 5 heteroatoms. The third-order valence-corrected chi connectivity index (χ3v) is 3.58. The van der Waals surface area contributed by atoms with Crippen molar-refractivity contribution < 1.29 is 14.7 Å². The maximum Gasteiger partial charge on any atom is 0.313 e. The number of benzene rings is 1. The second kappa shape index (κ2) is 7.22. The molecule has 1 rings (SSSR count). The highest BCUT2D eigenvalue weighted by molar-refractivity contribution is 6.39. The number of aryl methyl sites for hydroxylation is 1. The first-order chi connectivity index (χ1) is 9.76. The average Bonchev–Trinajstić information content (AvgIpc) is 2.41. The van der Waals surface area contributed by atoms with Gasteiger partial charge in [-0.2, -0.15) is 0 Å². The smallest absolute Gasteiger partial charge is 0.313 e. The van der Waals surface area contributed by atoms with Crippen molar-refractivity contribution in [1.82, 2.24) is 5.32 Å². The lowest BCUT2D eigenvalue weighted by atomic mass is 9.90. The number of nitrogens with one attached hydrogen (secondary N) is 2. The minimum absolute atomic E-state index is 0.0531. The van der Waals surface area contributed by atoms with E-state index in [4.69, 9.17) is 5.11 Å². The van der Waals surface area contributed by atoms with E-state index in [0.29, 0.717) is 18.7 Å². The van der Waals surface area contributed by atoms with Crippen molar-refractivity contribution in [1.29, 1.82) is 0 Å². The predicted molar refractivity (Wildman–Crippen MR) is 83.0 cm³/mol. The zero-order chi connectivity index (χ0) is 16.0. The van der Waals surface area contributed by atoms with Crippen LogP contribution in [0, 0.1) is 19.3 Å². The predicted octanol–water partition coefficient (Wildman–Crippen LogP) is 1.77. The molecule has 0 unspecified atom stereocenters. The molecule has 0 saturated heterocycles. The molecule has 0 atom stereocenters. The van der Waals surface area contributed by atoms with E-state index >= 15 is 0 Å². The molecule has 0 heterocycles. The fourth-order valence-electron chi connectivity index (χ4n) is 1.86. The van der Waals surface area contributed by atoms with Crippen LogP contribution >= 0.6 is 0 Å². The molecule has 1 aromatic carbocycles. The van der Waals surface area contributed by atoms with Crippen molar-refractivity contribution >= 4 is 17.5 Å². The summed E-state index contributed by atoms with van der Waals surface area (Å²) < 4.78 is 0. The van der Waals surface area contributed by atoms with Crippen molar-refractivity contribution in [2.24, 2.45) is 5.41 Å². The van der Waals surface area contributed by atoms with Crippen LogP contribution in [0.3, 0.4) is 0 Å². The summed E-state index contributed by atoms with van der Waals surface area (Å²) in [6.07, 6.45) is 0.561. The Morgan fingerprint density at radius 3 is 2.48 bits per heavy atom. The number of aliphatic hydroxyl groups is 1. The topological polar surface area (TPSA) is 78.4 Å². The molecule has 1 aromatic rings. The van der Waals surface area contributed by atoms with E-state index < -0.39 is 11.8 Å². The Morgan fingerprint density at radius 2 is 1.86 bits per heavy atom. The Labute approximate surface area is 125 Å². The maximum absolute atomic E-state index is 11.9. The number of rotatable bonds is 5. The molecule has 3 N–H and O–H groups in total. The summed E-state index contributed by atoms with van der Waals surface area (Å²) in [7, 11) is 0. The van der Waals surface area contributed by atoms with Crippen LogP contribution in [-0.2, 0) is 9.59 Å². The van der Waals surface area contributed by atoms with Crippen LogP contribution < -0.4 is 10.6 Å². The summed E-state index contributed by atoms with van der Waals surface area (Å²) in [6, 6.07) is 5.55. The lowest BCUT2D eigenvalue weighted by Crippen LogP contribution is -2.40. The van der Waals surface area contributed by atoms with Gasteiger partial charge in [-0.25, -0.2) is 0 Å². The molecule has 0 aliphatic heterocycles. The number of anilines is 1. The number of carbonyl (C=O) groups excluding carboxylic acids is 2. The zero-order valence-corrected chi connectivity index (χ0v) is 13.1. The maximum atomic E-state index is 11.9. The Morgan fingerprint density at radius 1 is 1.19 bits per heavy atom. The monoisotopic (exact) mass is 292 g/mol. The summed E-state index contributed by atoms with van der Waals surface area (Å²) in [5.74, 6) is -1.34. The van der Waals surface area contributed by atoms with E-state index in [1.807, 2.05) is 39.8 Å². The fraction of sp³-hybridized carbons (Fsp3) is 0.500. The van der Waals surface area contributed by atoms with E-state index in [1.54, 1.807) is 6.07 Å². The zero-order valence-electron chi connectivity index (χ0n) is 13.1. The standard InChI is InChI=1S/C16H24N2O3/c1-11-6-5-7-13(12(11)2)18-15(21)14(20)17-10-16(3,4)8-9-19/h5-7,19H,8-10H2,1-4H3,(H,17,20)(H,18,21). The normalized spacial score (nSPS) is 11.1. The van der Waals surface area contributed by atoms with Crippen molar-refractivity contribution in [3.05, 3.63) is 29.3 Å². The third kappa shape index (κ3) is 5.19. The molecular weight excluding hydrogens is 268 g/mol. The SMILES string of the molecule is Cc1cccc(NC(=O)C(=O)NCC(C)(C)CCO)c1C. The van der Waals surface area contributed by atoms with Crippen LogP contribution in [-0.4, -0.2) is 30.1 Å². The van der Waals surface area contributed by atoms with Crippen molar-refractivity contribution in [2.75, 3.05) is 18.5 Å². The van der Waals surface area contributed by atoms with E-state index in [9.17, 15) is 9.59 Å². The van der Waals surface area contributed by atoms with Gasteiger partial charge in [-0.15, -0.1) is 0 Å². The Balaban J connectivity index is 2.60. The first-order valence-electron chi connectivity index (χ1n) is 7.03. The summed E-state index contributed by atoms with van der Waals surface area (Å²) in [4.78, 5) is 23.7. The van der Waals surface area contributed by atoms with Gasteiger partial charge >= 0.3 is 11.8 Å². The minimum Gasteiger partial charge on any atom is -0.396 e. The molecule has 116 valence electrons. The average molecular weight is 292 g/mol. The van der Waals surface area contributed by atoms with E-state index in [1.165, 1.54) is 0 Å². The van der Waals surface area contributed by atoms with E-state index in [0.717, 1.165) is 11.1 Å². The van der Waals surface area contributed by atoms with Gasteiger partial charge in [-0.3, -0.25) is 9.59 Å². The van der Waals surface area contributed by atoms with Crippen LogP contribution in [0.25, 0.3) is 0 Å². The van der Waals surface area contributed by atoms with Gasteiger partial charge < -0.3 is 15.7 Å². The quantitative estimate of drug-likeness (QED) is 0.724. The van der Waals surface area contributed by atoms with Gasteiger partial charge in [0.15, 0.2) is 0 Å². The van der Waals surface area contributed by atoms with Gasteiger partial charge in [-0.05, 0) is 42.9 Å². The summed E-state index contributed by atoms with van der Waals surface area (Å²) >= 11 is 0. The summed E-state index contributed by atoms with van der Waals surface area (Å²) in [5.41, 5.74) is 2.39. The molecule has 0 aliphatic carbocycles. The van der Waals surface area contributed by atoms with Crippen LogP contribution in [0.2, 0.25) is 0 Å². The number of aliphatic hydroxyl groups excluding tert-OH is 1. The molecule has 21 heavy (non-hydrogen) atoms. The van der Waals surface area contributed by atoms with Gasteiger partial charge in [0.2, 0.25) is 0 Å².